The topological polar surface area (TPSA) is 269 Å². The molecule has 0 unspecified atom stereocenters. The molecule has 2 fully saturated rings. The first-order valence-electron chi connectivity index (χ1n) is 33.6. The lowest BCUT2D eigenvalue weighted by Gasteiger charge is -2.36. The standard InChI is InChI=1S/C37H51N3O7.C37H49N3O7/c2*1-23(2)30-22-33(42)24(3)34(46-5)17-7-6-11-26-12-8-14-28(19-26)25(4)47-37(45)31-16-10-18-40(39-31)36(44)32(38-35(30)43)21-27-13-9-15-29(41)20-27/h8-9,12-15,19-20,23-25,30-32,34,39,41H,6-7,10-11,16-18,21-22H2,1-5H3,(H,38,43);6,8-9,11-15,19-20,23-25,30-32,34,39,41H,7,10,16-18,21-22H2,1-5H3,(H,38,43)/b;11-6+/t2*24-,25+,30-,31-,32-,34+/m00/s1. The third-order valence-electron chi connectivity index (χ3n) is 18.8. The molecule has 0 aromatic heterocycles. The van der Waals surface area contributed by atoms with Gasteiger partial charge in [0, 0.05) is 76.7 Å². The number of hydrogen-bond acceptors (Lipinski definition) is 16. The lowest BCUT2D eigenvalue weighted by Crippen LogP contribution is -2.61. The number of allylic oxidation sites excluding steroid dienone is 1. The Bertz CT molecular complexity index is 3210. The minimum Gasteiger partial charge on any atom is -0.508 e. The molecule has 6 N–H and O–H groups in total. The van der Waals surface area contributed by atoms with Crippen molar-refractivity contribution in [3.63, 3.8) is 0 Å². The summed E-state index contributed by atoms with van der Waals surface area (Å²) in [7, 11) is 3.21. The summed E-state index contributed by atoms with van der Waals surface area (Å²) in [5, 5.41) is 28.8. The lowest BCUT2D eigenvalue weighted by atomic mass is 9.84. The van der Waals surface area contributed by atoms with Gasteiger partial charge >= 0.3 is 11.9 Å². The number of cyclic esters (lactones) is 2. The molecule has 0 spiro atoms. The molecular formula is C74H100N6O14. The van der Waals surface area contributed by atoms with Crippen LogP contribution in [0.5, 0.6) is 11.5 Å². The van der Waals surface area contributed by atoms with E-state index in [0.29, 0.717) is 69.2 Å². The van der Waals surface area contributed by atoms with Gasteiger partial charge in [-0.25, -0.2) is 10.9 Å². The second-order valence-electron chi connectivity index (χ2n) is 26.5. The number of nitrogens with one attached hydrogen (secondary N) is 4. The average molecular weight is 1300 g/mol. The summed E-state index contributed by atoms with van der Waals surface area (Å²) in [5.41, 5.74) is 11.2. The van der Waals surface area contributed by atoms with Gasteiger partial charge in [-0.05, 0) is 147 Å². The van der Waals surface area contributed by atoms with Crippen LogP contribution in [0.25, 0.3) is 6.08 Å². The highest BCUT2D eigenvalue weighted by molar-refractivity contribution is 5.93. The molecule has 4 aromatic rings. The Morgan fingerprint density at radius 2 is 1.00 bits per heavy atom. The molecule has 4 heterocycles. The van der Waals surface area contributed by atoms with Crippen molar-refractivity contribution in [1.29, 1.82) is 0 Å². The molecular weight excluding hydrogens is 1200 g/mol. The number of hydrogen-bond donors (Lipinski definition) is 6. The fraction of sp³-hybridized carbons (Fsp3) is 0.541. The second-order valence-corrected chi connectivity index (χ2v) is 26.5. The van der Waals surface area contributed by atoms with Crippen molar-refractivity contribution in [3.05, 3.63) is 137 Å². The zero-order valence-electron chi connectivity index (χ0n) is 56.5. The van der Waals surface area contributed by atoms with E-state index < -0.39 is 95.6 Å². The number of ether oxygens (including phenoxy) is 4. The summed E-state index contributed by atoms with van der Waals surface area (Å²) in [4.78, 5) is 110. The van der Waals surface area contributed by atoms with Gasteiger partial charge in [-0.3, -0.25) is 48.4 Å². The summed E-state index contributed by atoms with van der Waals surface area (Å²) in [6.45, 7) is 15.6. The van der Waals surface area contributed by atoms with Crippen molar-refractivity contribution in [1.82, 2.24) is 31.5 Å². The highest BCUT2D eigenvalue weighted by atomic mass is 16.5. The number of rotatable bonds is 8. The number of hydrazine groups is 2. The second kappa shape index (κ2) is 35.6. The normalized spacial score (nSPS) is 27.6. The monoisotopic (exact) mass is 1300 g/mol. The number of methoxy groups -OCH3 is 2. The Hall–Kier alpha value is -7.78. The maximum atomic E-state index is 14.1. The van der Waals surface area contributed by atoms with Gasteiger partial charge in [-0.1, -0.05) is 127 Å². The quantitative estimate of drug-likeness (QED) is 0.0896. The van der Waals surface area contributed by atoms with Crippen LogP contribution in [0.1, 0.15) is 172 Å². The SMILES string of the molecule is CO[C@@H]1CC/C=C/c2cccc(c2)[C@@H](C)OC(=O)[C@@H]2CCCN(N2)C(=O)[C@H](Cc2cccc(O)c2)NC(=O)[C@H](C(C)C)CC(=O)[C@@H]1C.CO[C@@H]1CCCCc2cccc(c2)[C@@H](C)OC(=O)[C@@H]2CCCN(N2)C(=O)[C@H](Cc2cccc(O)c2)NC(=O)[C@H](C(C)C)CC(=O)[C@@H]1C. The molecule has 2 saturated heterocycles. The van der Waals surface area contributed by atoms with Crippen LogP contribution in [0.15, 0.2) is 103 Å². The van der Waals surface area contributed by atoms with Gasteiger partial charge in [0.05, 0.1) is 12.2 Å². The predicted molar refractivity (Wildman–Crippen MR) is 357 cm³/mol. The first kappa shape index (κ1) is 73.6. The molecule has 20 heteroatoms. The van der Waals surface area contributed by atoms with Gasteiger partial charge in [0.15, 0.2) is 0 Å². The molecule has 20 nitrogen and oxygen atoms in total. The number of benzene rings is 4. The van der Waals surface area contributed by atoms with Gasteiger partial charge in [-0.2, -0.15) is 0 Å². The number of amides is 4. The number of carbonyl (C=O) groups excluding carboxylic acids is 8. The minimum atomic E-state index is -1.02. The van der Waals surface area contributed by atoms with Gasteiger partial charge < -0.3 is 39.8 Å². The average Bonchev–Trinajstić information content (AvgIpc) is 0.914. The van der Waals surface area contributed by atoms with Gasteiger partial charge in [-0.15, -0.1) is 0 Å². The van der Waals surface area contributed by atoms with Gasteiger partial charge in [0.2, 0.25) is 11.8 Å². The number of Topliss-reactive ketones (excluding diaryl/α,β-unsaturated/α-hetero) is 2. The highest BCUT2D eigenvalue weighted by Crippen LogP contribution is 2.29. The van der Waals surface area contributed by atoms with Crippen LogP contribution in [-0.2, 0) is 76.6 Å². The van der Waals surface area contributed by atoms with Gasteiger partial charge in [0.1, 0.15) is 59.4 Å². The van der Waals surface area contributed by atoms with Crippen molar-refractivity contribution >= 4 is 53.2 Å². The van der Waals surface area contributed by atoms with E-state index in [4.69, 9.17) is 18.9 Å². The Kier molecular flexibility index (Phi) is 27.9. The predicted octanol–water partition coefficient (Wildman–Crippen LogP) is 9.74. The number of aryl methyl sites for hydroxylation is 1. The maximum Gasteiger partial charge on any atom is 0.325 e. The number of aromatic hydroxyl groups is 2. The minimum absolute atomic E-state index is 0.00819. The van der Waals surface area contributed by atoms with Crippen molar-refractivity contribution in [2.75, 3.05) is 27.3 Å². The van der Waals surface area contributed by atoms with E-state index in [1.807, 2.05) is 104 Å². The number of fused-ring (bicyclic) bond motifs is 8. The Morgan fingerprint density at radius 3 is 1.47 bits per heavy atom. The number of nitrogens with zero attached hydrogens (tertiary/aromatic N) is 2. The van der Waals surface area contributed by atoms with E-state index in [0.717, 1.165) is 41.5 Å². The van der Waals surface area contributed by atoms with E-state index in [2.05, 4.69) is 33.6 Å². The number of carbonyl (C=O) groups is 8. The number of ketones is 2. The summed E-state index contributed by atoms with van der Waals surface area (Å²) in [6.07, 6.45) is 9.42. The third kappa shape index (κ3) is 21.1. The summed E-state index contributed by atoms with van der Waals surface area (Å²) in [5.74, 6) is -5.09. The van der Waals surface area contributed by atoms with Crippen molar-refractivity contribution < 1.29 is 67.5 Å². The summed E-state index contributed by atoms with van der Waals surface area (Å²) in [6, 6.07) is 25.4. The Balaban J connectivity index is 0.000000266. The largest absolute Gasteiger partial charge is 0.508 e. The van der Waals surface area contributed by atoms with Crippen LogP contribution in [-0.4, -0.2) is 131 Å². The van der Waals surface area contributed by atoms with E-state index in [1.165, 1.54) is 22.2 Å². The van der Waals surface area contributed by atoms with Crippen molar-refractivity contribution in [2.45, 2.75) is 194 Å². The van der Waals surface area contributed by atoms with E-state index in [9.17, 15) is 48.6 Å². The molecule has 8 bridgehead atoms. The summed E-state index contributed by atoms with van der Waals surface area (Å²) >= 11 is 0. The molecule has 4 aromatic carbocycles. The number of esters is 2. The molecule has 0 aliphatic carbocycles. The number of phenols is 2. The third-order valence-corrected chi connectivity index (χ3v) is 18.8. The highest BCUT2D eigenvalue weighted by Gasteiger charge is 2.39. The Labute approximate surface area is 554 Å². The van der Waals surface area contributed by atoms with Crippen LogP contribution in [0.3, 0.4) is 0 Å². The van der Waals surface area contributed by atoms with E-state index in [1.54, 1.807) is 50.6 Å². The molecule has 4 amide bonds. The molecule has 510 valence electrons. The smallest absolute Gasteiger partial charge is 0.325 e. The van der Waals surface area contributed by atoms with Crippen molar-refractivity contribution in [2.24, 2.45) is 35.5 Å². The van der Waals surface area contributed by atoms with Crippen LogP contribution in [0.4, 0.5) is 0 Å². The molecule has 0 radical (unpaired) electrons. The van der Waals surface area contributed by atoms with E-state index >= 15 is 0 Å². The van der Waals surface area contributed by atoms with Crippen LogP contribution in [0, 0.1) is 35.5 Å². The van der Waals surface area contributed by atoms with Gasteiger partial charge in [0.25, 0.3) is 11.8 Å². The fourth-order valence-electron chi connectivity index (χ4n) is 12.7. The van der Waals surface area contributed by atoms with Crippen molar-refractivity contribution in [3.8, 4) is 11.5 Å². The fourth-order valence-corrected chi connectivity index (χ4v) is 12.7. The molecule has 94 heavy (non-hydrogen) atoms. The first-order chi connectivity index (χ1) is 44.9. The summed E-state index contributed by atoms with van der Waals surface area (Å²) < 4.78 is 23.2. The molecule has 0 saturated carbocycles. The molecule has 4 aliphatic heterocycles. The zero-order valence-corrected chi connectivity index (χ0v) is 56.5. The molecule has 12 atom stereocenters. The first-order valence-corrected chi connectivity index (χ1v) is 33.6. The maximum absolute atomic E-state index is 14.1. The van der Waals surface area contributed by atoms with Crippen LogP contribution in [0.2, 0.25) is 0 Å². The number of phenolic OH excluding ortho intramolecular Hbond substituents is 2. The van der Waals surface area contributed by atoms with Crippen LogP contribution >= 0.6 is 0 Å². The lowest BCUT2D eigenvalue weighted by molar-refractivity contribution is -0.158. The Morgan fingerprint density at radius 1 is 0.543 bits per heavy atom. The zero-order chi connectivity index (χ0) is 68.2. The molecule has 4 aliphatic rings. The molecule has 8 rings (SSSR count). The van der Waals surface area contributed by atoms with E-state index in [-0.39, 0.29) is 72.8 Å². The van der Waals surface area contributed by atoms with Crippen LogP contribution < -0.4 is 21.5 Å².